The maximum atomic E-state index is 12.8. The number of aromatic nitrogens is 3. The van der Waals surface area contributed by atoms with Crippen LogP contribution in [-0.4, -0.2) is 32.8 Å². The van der Waals surface area contributed by atoms with E-state index in [9.17, 15) is 9.59 Å². The van der Waals surface area contributed by atoms with Crippen molar-refractivity contribution in [1.82, 2.24) is 19.9 Å². The van der Waals surface area contributed by atoms with E-state index in [1.54, 1.807) is 55.7 Å². The van der Waals surface area contributed by atoms with Gasteiger partial charge in [0, 0.05) is 24.4 Å². The molecule has 0 fully saturated rings. The van der Waals surface area contributed by atoms with Crippen LogP contribution in [0.4, 0.5) is 0 Å². The molecular weight excluding hydrogens is 380 g/mol. The molecule has 30 heavy (non-hydrogen) atoms. The summed E-state index contributed by atoms with van der Waals surface area (Å²) in [5.41, 5.74) is 1.81. The highest BCUT2D eigenvalue weighted by molar-refractivity contribution is 5.94. The minimum absolute atomic E-state index is 0.185. The van der Waals surface area contributed by atoms with Gasteiger partial charge in [0.05, 0.1) is 17.4 Å². The summed E-state index contributed by atoms with van der Waals surface area (Å²) in [4.78, 5) is 37.9. The molecule has 2 heterocycles. The Kier molecular flexibility index (Phi) is 5.26. The molecule has 0 atom stereocenters. The summed E-state index contributed by atoms with van der Waals surface area (Å²) in [6.45, 7) is 2.10. The second-order valence-electron chi connectivity index (χ2n) is 6.94. The summed E-state index contributed by atoms with van der Waals surface area (Å²) in [6, 6.07) is 17.7. The average Bonchev–Trinajstić information content (AvgIpc) is 2.75. The Labute approximate surface area is 173 Å². The van der Waals surface area contributed by atoms with Crippen LogP contribution in [0.1, 0.15) is 21.7 Å². The van der Waals surface area contributed by atoms with Gasteiger partial charge in [-0.3, -0.25) is 9.59 Å². The predicted octanol–water partition coefficient (Wildman–Crippen LogP) is 3.69. The third kappa shape index (κ3) is 4.05. The van der Waals surface area contributed by atoms with E-state index in [1.807, 2.05) is 25.1 Å². The molecule has 2 aromatic heterocycles. The molecule has 0 aliphatic heterocycles. The first-order valence-electron chi connectivity index (χ1n) is 9.44. The largest absolute Gasteiger partial charge is 0.439 e. The highest BCUT2D eigenvalue weighted by Gasteiger charge is 2.14. The Hall–Kier alpha value is -4.00. The molecule has 0 aliphatic rings. The molecule has 0 unspecified atom stereocenters. The zero-order valence-corrected chi connectivity index (χ0v) is 16.6. The number of benzene rings is 2. The number of nitrogens with zero attached hydrogens (tertiary/aromatic N) is 3. The highest BCUT2D eigenvalue weighted by atomic mass is 16.5. The SMILES string of the molecule is Cc1cccnc1Oc1ccc(C(=O)N(C)Cc2nc3ccccc3c(=O)[nH]2)cc1. The minimum atomic E-state index is -0.220. The van der Waals surface area contributed by atoms with Crippen molar-refractivity contribution in [2.45, 2.75) is 13.5 Å². The fraction of sp³-hybridized carbons (Fsp3) is 0.130. The monoisotopic (exact) mass is 400 g/mol. The first-order valence-corrected chi connectivity index (χ1v) is 9.44. The Morgan fingerprint density at radius 2 is 1.83 bits per heavy atom. The quantitative estimate of drug-likeness (QED) is 0.552. The van der Waals surface area contributed by atoms with Crippen molar-refractivity contribution in [1.29, 1.82) is 0 Å². The van der Waals surface area contributed by atoms with Crippen LogP contribution in [-0.2, 0) is 6.54 Å². The Morgan fingerprint density at radius 1 is 1.07 bits per heavy atom. The highest BCUT2D eigenvalue weighted by Crippen LogP contribution is 2.23. The molecule has 0 bridgehead atoms. The van der Waals surface area contributed by atoms with Gasteiger partial charge < -0.3 is 14.6 Å². The number of amides is 1. The van der Waals surface area contributed by atoms with Crippen molar-refractivity contribution in [3.05, 3.63) is 94.2 Å². The van der Waals surface area contributed by atoms with Gasteiger partial charge in [-0.25, -0.2) is 9.97 Å². The van der Waals surface area contributed by atoms with Crippen LogP contribution in [0.5, 0.6) is 11.6 Å². The lowest BCUT2D eigenvalue weighted by Gasteiger charge is -2.17. The van der Waals surface area contributed by atoms with Gasteiger partial charge in [0.2, 0.25) is 5.88 Å². The topological polar surface area (TPSA) is 88.2 Å². The van der Waals surface area contributed by atoms with Gasteiger partial charge in [-0.1, -0.05) is 18.2 Å². The number of pyridine rings is 1. The first-order chi connectivity index (χ1) is 14.5. The number of para-hydroxylation sites is 1. The van der Waals surface area contributed by atoms with Gasteiger partial charge in [-0.2, -0.15) is 0 Å². The number of hydrogen-bond acceptors (Lipinski definition) is 5. The third-order valence-electron chi connectivity index (χ3n) is 4.67. The van der Waals surface area contributed by atoms with Crippen molar-refractivity contribution >= 4 is 16.8 Å². The number of fused-ring (bicyclic) bond motifs is 1. The molecule has 7 heteroatoms. The number of aromatic amines is 1. The molecule has 0 saturated heterocycles. The van der Waals surface area contributed by atoms with Gasteiger partial charge >= 0.3 is 0 Å². The molecule has 150 valence electrons. The lowest BCUT2D eigenvalue weighted by atomic mass is 10.2. The molecule has 2 aromatic carbocycles. The van der Waals surface area contributed by atoms with Crippen LogP contribution in [0, 0.1) is 6.92 Å². The summed E-state index contributed by atoms with van der Waals surface area (Å²) in [7, 11) is 1.67. The van der Waals surface area contributed by atoms with E-state index in [4.69, 9.17) is 4.74 Å². The number of rotatable bonds is 5. The maximum Gasteiger partial charge on any atom is 0.258 e. The Morgan fingerprint density at radius 3 is 2.60 bits per heavy atom. The number of hydrogen-bond donors (Lipinski definition) is 1. The van der Waals surface area contributed by atoms with Crippen LogP contribution >= 0.6 is 0 Å². The number of carbonyl (C=O) groups excluding carboxylic acids is 1. The molecule has 4 aromatic rings. The fourth-order valence-corrected chi connectivity index (χ4v) is 3.08. The van der Waals surface area contributed by atoms with Crippen LogP contribution in [0.2, 0.25) is 0 Å². The van der Waals surface area contributed by atoms with Gasteiger partial charge in [0.25, 0.3) is 11.5 Å². The van der Waals surface area contributed by atoms with E-state index in [0.29, 0.717) is 33.9 Å². The molecule has 7 nitrogen and oxygen atoms in total. The van der Waals surface area contributed by atoms with E-state index in [0.717, 1.165) is 5.56 Å². The number of H-pyrrole nitrogens is 1. The number of carbonyl (C=O) groups is 1. The molecule has 0 aliphatic carbocycles. The predicted molar refractivity (Wildman–Crippen MR) is 114 cm³/mol. The molecule has 4 rings (SSSR count). The van der Waals surface area contributed by atoms with Crippen LogP contribution in [0.15, 0.2) is 71.7 Å². The minimum Gasteiger partial charge on any atom is -0.439 e. The number of ether oxygens (including phenoxy) is 1. The van der Waals surface area contributed by atoms with E-state index in [1.165, 1.54) is 4.90 Å². The maximum absolute atomic E-state index is 12.8. The van der Waals surface area contributed by atoms with Crippen molar-refractivity contribution < 1.29 is 9.53 Å². The normalized spacial score (nSPS) is 10.7. The van der Waals surface area contributed by atoms with E-state index in [2.05, 4.69) is 15.0 Å². The van der Waals surface area contributed by atoms with E-state index >= 15 is 0 Å². The smallest absolute Gasteiger partial charge is 0.258 e. The van der Waals surface area contributed by atoms with Gasteiger partial charge in [0.1, 0.15) is 11.6 Å². The zero-order valence-electron chi connectivity index (χ0n) is 16.6. The summed E-state index contributed by atoms with van der Waals surface area (Å²) in [6.07, 6.45) is 1.67. The lowest BCUT2D eigenvalue weighted by molar-refractivity contribution is 0.0781. The van der Waals surface area contributed by atoms with Crippen LogP contribution in [0.3, 0.4) is 0 Å². The number of aryl methyl sites for hydroxylation is 1. The van der Waals surface area contributed by atoms with Crippen molar-refractivity contribution in [2.24, 2.45) is 0 Å². The molecule has 0 spiro atoms. The standard InChI is InChI=1S/C23H20N4O3/c1-15-6-5-13-24-22(15)30-17-11-9-16(10-12-17)23(29)27(2)14-20-25-19-8-4-3-7-18(19)21(28)26-20/h3-13H,14H2,1-2H3,(H,25,26,28). The first kappa shape index (κ1) is 19.3. The number of nitrogens with one attached hydrogen (secondary N) is 1. The molecule has 0 saturated carbocycles. The molecule has 1 amide bonds. The Balaban J connectivity index is 1.47. The van der Waals surface area contributed by atoms with Gasteiger partial charge in [-0.05, 0) is 49.4 Å². The lowest BCUT2D eigenvalue weighted by Crippen LogP contribution is -2.28. The molecular formula is C23H20N4O3. The molecule has 1 N–H and O–H groups in total. The van der Waals surface area contributed by atoms with E-state index < -0.39 is 0 Å². The van der Waals surface area contributed by atoms with Crippen molar-refractivity contribution in [2.75, 3.05) is 7.05 Å². The van der Waals surface area contributed by atoms with Crippen LogP contribution in [0.25, 0.3) is 10.9 Å². The van der Waals surface area contributed by atoms with Gasteiger partial charge in [-0.15, -0.1) is 0 Å². The summed E-state index contributed by atoms with van der Waals surface area (Å²) in [5.74, 6) is 1.36. The van der Waals surface area contributed by atoms with Crippen molar-refractivity contribution in [3.63, 3.8) is 0 Å². The van der Waals surface area contributed by atoms with E-state index in [-0.39, 0.29) is 18.0 Å². The zero-order chi connectivity index (χ0) is 21.1. The summed E-state index contributed by atoms with van der Waals surface area (Å²) in [5, 5.41) is 0.522. The third-order valence-corrected chi connectivity index (χ3v) is 4.67. The van der Waals surface area contributed by atoms with Crippen molar-refractivity contribution in [3.8, 4) is 11.6 Å². The van der Waals surface area contributed by atoms with Gasteiger partial charge in [0.15, 0.2) is 0 Å². The average molecular weight is 400 g/mol. The summed E-state index contributed by atoms with van der Waals surface area (Å²) < 4.78 is 5.77. The second kappa shape index (κ2) is 8.16. The van der Waals surface area contributed by atoms with Crippen LogP contribution < -0.4 is 10.3 Å². The summed E-state index contributed by atoms with van der Waals surface area (Å²) >= 11 is 0. The Bertz CT molecular complexity index is 1270. The fourth-order valence-electron chi connectivity index (χ4n) is 3.08. The second-order valence-corrected chi connectivity index (χ2v) is 6.94. The molecule has 0 radical (unpaired) electrons.